The van der Waals surface area contributed by atoms with Crippen molar-refractivity contribution in [3.05, 3.63) is 35.5 Å². The molecule has 4 rings (SSSR count). The molecule has 1 N–H and O–H groups in total. The molecule has 1 unspecified atom stereocenters. The monoisotopic (exact) mass is 368 g/mol. The Labute approximate surface area is 160 Å². The minimum absolute atomic E-state index is 0.265. The Bertz CT molecular complexity index is 799. The third kappa shape index (κ3) is 3.72. The minimum Gasteiger partial charge on any atom is -0.497 e. The number of methoxy groups -OCH3 is 1. The number of nitrogens with one attached hydrogen (secondary N) is 1. The maximum atomic E-state index is 12.9. The van der Waals surface area contributed by atoms with Gasteiger partial charge in [-0.25, -0.2) is 0 Å². The molecule has 1 aromatic heterocycles. The molecule has 27 heavy (non-hydrogen) atoms. The Balaban J connectivity index is 1.48. The summed E-state index contributed by atoms with van der Waals surface area (Å²) in [5, 5.41) is 7.71. The van der Waals surface area contributed by atoms with Crippen LogP contribution in [0.1, 0.15) is 36.9 Å². The Morgan fingerprint density at radius 3 is 2.81 bits per heavy atom. The SMILES string of the molecule is COc1ccc(-c2n[nH]c3c2CN(C(=O)CC2CCCCN2C)CC3)cc1. The van der Waals surface area contributed by atoms with Crippen molar-refractivity contribution in [1.29, 1.82) is 0 Å². The van der Waals surface area contributed by atoms with Crippen molar-refractivity contribution in [2.45, 2.75) is 44.7 Å². The van der Waals surface area contributed by atoms with Gasteiger partial charge in [-0.2, -0.15) is 5.10 Å². The molecule has 1 amide bonds. The van der Waals surface area contributed by atoms with E-state index in [2.05, 4.69) is 22.1 Å². The molecule has 0 saturated carbocycles. The van der Waals surface area contributed by atoms with Crippen LogP contribution in [-0.2, 0) is 17.8 Å². The van der Waals surface area contributed by atoms with Crippen molar-refractivity contribution in [2.75, 3.05) is 27.2 Å². The number of amides is 1. The number of nitrogens with zero attached hydrogens (tertiary/aromatic N) is 3. The summed E-state index contributed by atoms with van der Waals surface area (Å²) in [7, 11) is 3.81. The topological polar surface area (TPSA) is 61.5 Å². The first-order valence-corrected chi connectivity index (χ1v) is 9.84. The van der Waals surface area contributed by atoms with Gasteiger partial charge in [0.25, 0.3) is 0 Å². The Morgan fingerprint density at radius 1 is 1.26 bits per heavy atom. The molecule has 2 aromatic rings. The predicted octanol–water partition coefficient (Wildman–Crippen LogP) is 2.84. The molecule has 3 heterocycles. The van der Waals surface area contributed by atoms with E-state index in [9.17, 15) is 4.79 Å². The van der Waals surface area contributed by atoms with Crippen molar-refractivity contribution < 1.29 is 9.53 Å². The van der Waals surface area contributed by atoms with E-state index in [1.807, 2.05) is 29.2 Å². The van der Waals surface area contributed by atoms with E-state index in [0.717, 1.165) is 54.2 Å². The summed E-state index contributed by atoms with van der Waals surface area (Å²) in [4.78, 5) is 17.3. The van der Waals surface area contributed by atoms with Crippen LogP contribution in [0.25, 0.3) is 11.3 Å². The van der Waals surface area contributed by atoms with Crippen LogP contribution in [-0.4, -0.2) is 59.2 Å². The lowest BCUT2D eigenvalue weighted by Crippen LogP contribution is -2.43. The average molecular weight is 368 g/mol. The van der Waals surface area contributed by atoms with Gasteiger partial charge in [-0.3, -0.25) is 9.89 Å². The first kappa shape index (κ1) is 18.0. The van der Waals surface area contributed by atoms with Gasteiger partial charge in [0, 0.05) is 48.8 Å². The minimum atomic E-state index is 0.265. The van der Waals surface area contributed by atoms with Gasteiger partial charge in [0.05, 0.1) is 12.8 Å². The van der Waals surface area contributed by atoms with Crippen molar-refractivity contribution >= 4 is 5.91 Å². The first-order chi connectivity index (χ1) is 13.2. The van der Waals surface area contributed by atoms with Crippen LogP contribution in [0, 0.1) is 0 Å². The molecule has 1 fully saturated rings. The number of hydrogen-bond donors (Lipinski definition) is 1. The summed E-state index contributed by atoms with van der Waals surface area (Å²) in [5.41, 5.74) is 4.30. The van der Waals surface area contributed by atoms with Gasteiger partial charge < -0.3 is 14.5 Å². The molecule has 0 bridgehead atoms. The first-order valence-electron chi connectivity index (χ1n) is 9.84. The molecule has 6 nitrogen and oxygen atoms in total. The van der Waals surface area contributed by atoms with Gasteiger partial charge in [-0.1, -0.05) is 6.42 Å². The highest BCUT2D eigenvalue weighted by Crippen LogP contribution is 2.30. The van der Waals surface area contributed by atoms with Gasteiger partial charge in [0.2, 0.25) is 5.91 Å². The summed E-state index contributed by atoms with van der Waals surface area (Å²) in [6.45, 7) is 2.51. The van der Waals surface area contributed by atoms with Gasteiger partial charge in [-0.15, -0.1) is 0 Å². The molecule has 1 aromatic carbocycles. The molecular weight excluding hydrogens is 340 g/mol. The second kappa shape index (κ2) is 7.72. The third-order valence-corrected chi connectivity index (χ3v) is 5.98. The lowest BCUT2D eigenvalue weighted by atomic mass is 9.97. The molecule has 0 aliphatic carbocycles. The number of ether oxygens (including phenoxy) is 1. The van der Waals surface area contributed by atoms with Gasteiger partial charge in [-0.05, 0) is 50.7 Å². The fraction of sp³-hybridized carbons (Fsp3) is 0.524. The number of carbonyl (C=O) groups excluding carboxylic acids is 1. The number of aromatic amines is 1. The largest absolute Gasteiger partial charge is 0.497 e. The summed E-state index contributed by atoms with van der Waals surface area (Å²) >= 11 is 0. The zero-order valence-electron chi connectivity index (χ0n) is 16.2. The molecule has 0 spiro atoms. The summed E-state index contributed by atoms with van der Waals surface area (Å²) in [6, 6.07) is 8.32. The number of carbonyl (C=O) groups is 1. The average Bonchev–Trinajstić information content (AvgIpc) is 3.13. The van der Waals surface area contributed by atoms with E-state index in [4.69, 9.17) is 4.74 Å². The van der Waals surface area contributed by atoms with Crippen molar-refractivity contribution in [3.63, 3.8) is 0 Å². The van der Waals surface area contributed by atoms with Crippen LogP contribution in [0.15, 0.2) is 24.3 Å². The van der Waals surface area contributed by atoms with Gasteiger partial charge in [0.1, 0.15) is 5.75 Å². The van der Waals surface area contributed by atoms with Gasteiger partial charge in [0.15, 0.2) is 0 Å². The molecule has 0 radical (unpaired) electrons. The van der Waals surface area contributed by atoms with Crippen molar-refractivity contribution in [3.8, 4) is 17.0 Å². The smallest absolute Gasteiger partial charge is 0.224 e. The van der Waals surface area contributed by atoms with Crippen molar-refractivity contribution in [1.82, 2.24) is 20.0 Å². The van der Waals surface area contributed by atoms with E-state index >= 15 is 0 Å². The number of H-pyrrole nitrogens is 1. The van der Waals surface area contributed by atoms with E-state index in [-0.39, 0.29) is 5.91 Å². The Morgan fingerprint density at radius 2 is 2.07 bits per heavy atom. The zero-order valence-corrected chi connectivity index (χ0v) is 16.2. The van der Waals surface area contributed by atoms with E-state index in [1.165, 1.54) is 12.8 Å². The van der Waals surface area contributed by atoms with Crippen LogP contribution < -0.4 is 4.74 Å². The highest BCUT2D eigenvalue weighted by molar-refractivity contribution is 5.78. The molecule has 2 aliphatic heterocycles. The number of likely N-dealkylation sites (tertiary alicyclic amines) is 1. The summed E-state index contributed by atoms with van der Waals surface area (Å²) in [6.07, 6.45) is 5.07. The Hall–Kier alpha value is -2.34. The van der Waals surface area contributed by atoms with Crippen LogP contribution in [0.5, 0.6) is 5.75 Å². The second-order valence-electron chi connectivity index (χ2n) is 7.66. The highest BCUT2D eigenvalue weighted by Gasteiger charge is 2.29. The van der Waals surface area contributed by atoms with E-state index in [0.29, 0.717) is 19.0 Å². The number of hydrogen-bond acceptors (Lipinski definition) is 4. The number of fused-ring (bicyclic) bond motifs is 1. The molecule has 1 atom stereocenters. The molecular formula is C21H28N4O2. The van der Waals surface area contributed by atoms with Crippen LogP contribution in [0.3, 0.4) is 0 Å². The normalized spacial score (nSPS) is 20.4. The number of benzene rings is 1. The molecule has 1 saturated heterocycles. The van der Waals surface area contributed by atoms with Crippen LogP contribution >= 0.6 is 0 Å². The second-order valence-corrected chi connectivity index (χ2v) is 7.66. The highest BCUT2D eigenvalue weighted by atomic mass is 16.5. The standard InChI is InChI=1S/C21H28N4O2/c1-24-11-4-3-5-16(24)13-20(26)25-12-10-19-18(14-25)21(23-22-19)15-6-8-17(27-2)9-7-15/h6-9,16H,3-5,10-14H2,1-2H3,(H,22,23). The molecule has 144 valence electrons. The maximum Gasteiger partial charge on any atom is 0.224 e. The quantitative estimate of drug-likeness (QED) is 0.901. The fourth-order valence-electron chi connectivity index (χ4n) is 4.23. The summed E-state index contributed by atoms with van der Waals surface area (Å²) in [5.74, 6) is 1.10. The maximum absolute atomic E-state index is 12.9. The number of rotatable bonds is 4. The third-order valence-electron chi connectivity index (χ3n) is 5.98. The van der Waals surface area contributed by atoms with E-state index in [1.54, 1.807) is 7.11 Å². The number of piperidine rings is 1. The van der Waals surface area contributed by atoms with E-state index < -0.39 is 0 Å². The van der Waals surface area contributed by atoms with Crippen LogP contribution in [0.4, 0.5) is 0 Å². The molecule has 2 aliphatic rings. The lowest BCUT2D eigenvalue weighted by Gasteiger charge is -2.34. The Kier molecular flexibility index (Phi) is 5.16. The molecule has 6 heteroatoms. The lowest BCUT2D eigenvalue weighted by molar-refractivity contribution is -0.133. The fourth-order valence-corrected chi connectivity index (χ4v) is 4.23. The predicted molar refractivity (Wildman–Crippen MR) is 105 cm³/mol. The number of aromatic nitrogens is 2. The zero-order chi connectivity index (χ0) is 18.8. The van der Waals surface area contributed by atoms with Gasteiger partial charge >= 0.3 is 0 Å². The summed E-state index contributed by atoms with van der Waals surface area (Å²) < 4.78 is 5.24. The van der Waals surface area contributed by atoms with Crippen LogP contribution in [0.2, 0.25) is 0 Å². The van der Waals surface area contributed by atoms with Crippen molar-refractivity contribution in [2.24, 2.45) is 0 Å².